The molecule has 1 atom stereocenters. The summed E-state index contributed by atoms with van der Waals surface area (Å²) in [5.41, 5.74) is 1.92. The fourth-order valence-corrected chi connectivity index (χ4v) is 3.84. The predicted octanol–water partition coefficient (Wildman–Crippen LogP) is 3.17. The van der Waals surface area contributed by atoms with E-state index in [1.807, 2.05) is 17.5 Å². The summed E-state index contributed by atoms with van der Waals surface area (Å²) in [6.45, 7) is 7.76. The molecule has 5 nitrogen and oxygen atoms in total. The third-order valence-corrected chi connectivity index (χ3v) is 5.42. The lowest BCUT2D eigenvalue weighted by Crippen LogP contribution is -2.30. The van der Waals surface area contributed by atoms with Crippen LogP contribution in [0.3, 0.4) is 0 Å². The number of hydrogen-bond donors (Lipinski definition) is 1. The lowest BCUT2D eigenvalue weighted by Gasteiger charge is -2.24. The highest BCUT2D eigenvalue weighted by Gasteiger charge is 2.21. The highest BCUT2D eigenvalue weighted by Crippen LogP contribution is 2.18. The van der Waals surface area contributed by atoms with Gasteiger partial charge in [-0.25, -0.2) is 4.98 Å². The molecule has 0 radical (unpaired) electrons. The number of nitrogens with zero attached hydrogens (tertiary/aromatic N) is 3. The Morgan fingerprint density at radius 2 is 2.20 bits per heavy atom. The molecule has 1 aliphatic heterocycles. The van der Waals surface area contributed by atoms with Gasteiger partial charge < -0.3 is 4.90 Å². The highest BCUT2D eigenvalue weighted by atomic mass is 32.1. The molecule has 25 heavy (non-hydrogen) atoms. The zero-order valence-electron chi connectivity index (χ0n) is 14.9. The number of amides is 1. The van der Waals surface area contributed by atoms with Crippen molar-refractivity contribution in [2.75, 3.05) is 38.5 Å². The molecule has 1 saturated heterocycles. The summed E-state index contributed by atoms with van der Waals surface area (Å²) >= 11 is 1.42. The summed E-state index contributed by atoms with van der Waals surface area (Å²) in [5.74, 6) is 0.663. The average Bonchev–Trinajstić information content (AvgIpc) is 3.26. The highest BCUT2D eigenvalue weighted by molar-refractivity contribution is 7.13. The second-order valence-electron chi connectivity index (χ2n) is 6.73. The number of carbonyl (C=O) groups is 1. The van der Waals surface area contributed by atoms with E-state index in [0.29, 0.717) is 10.7 Å². The second-order valence-corrected chi connectivity index (χ2v) is 7.63. The van der Waals surface area contributed by atoms with Gasteiger partial charge in [-0.15, -0.1) is 11.3 Å². The molecule has 0 spiro atoms. The number of carbonyl (C=O) groups excluding carboxylic acids is 1. The van der Waals surface area contributed by atoms with Gasteiger partial charge in [0.15, 0.2) is 5.13 Å². The van der Waals surface area contributed by atoms with Gasteiger partial charge in [-0.2, -0.15) is 0 Å². The summed E-state index contributed by atoms with van der Waals surface area (Å²) in [7, 11) is 2.20. The monoisotopic (exact) mass is 358 g/mol. The Balaban J connectivity index is 1.54. The minimum atomic E-state index is -0.108. The molecule has 1 aromatic heterocycles. The molecule has 0 saturated carbocycles. The molecule has 1 unspecified atom stereocenters. The molecule has 3 rings (SSSR count). The van der Waals surface area contributed by atoms with E-state index >= 15 is 0 Å². The van der Waals surface area contributed by atoms with Crippen LogP contribution in [0, 0.1) is 5.92 Å². The molecular formula is C19H26N4OS. The zero-order valence-corrected chi connectivity index (χ0v) is 15.8. The summed E-state index contributed by atoms with van der Waals surface area (Å²) in [5, 5.41) is 5.29. The molecular weight excluding hydrogens is 332 g/mol. The number of benzene rings is 1. The van der Waals surface area contributed by atoms with Crippen LogP contribution in [0.1, 0.15) is 29.3 Å². The van der Waals surface area contributed by atoms with E-state index in [2.05, 4.69) is 46.2 Å². The van der Waals surface area contributed by atoms with Crippen LogP contribution in [0.5, 0.6) is 0 Å². The first-order chi connectivity index (χ1) is 12.1. The Labute approximate surface area is 153 Å². The molecule has 1 aromatic carbocycles. The van der Waals surface area contributed by atoms with E-state index in [-0.39, 0.29) is 5.91 Å². The normalized spacial score (nSPS) is 18.0. The number of likely N-dealkylation sites (tertiary alicyclic amines) is 1. The molecule has 0 bridgehead atoms. The van der Waals surface area contributed by atoms with Gasteiger partial charge in [0.2, 0.25) is 0 Å². The van der Waals surface area contributed by atoms with Gasteiger partial charge >= 0.3 is 0 Å². The summed E-state index contributed by atoms with van der Waals surface area (Å²) in [6, 6.07) is 7.91. The van der Waals surface area contributed by atoms with Gasteiger partial charge in [-0.1, -0.05) is 19.1 Å². The first-order valence-electron chi connectivity index (χ1n) is 8.84. The minimum absolute atomic E-state index is 0.108. The maximum Gasteiger partial charge on any atom is 0.257 e. The number of rotatable bonds is 7. The van der Waals surface area contributed by atoms with Crippen molar-refractivity contribution >= 4 is 22.4 Å². The van der Waals surface area contributed by atoms with Crippen LogP contribution in [0.4, 0.5) is 5.13 Å². The molecule has 2 heterocycles. The van der Waals surface area contributed by atoms with E-state index in [1.165, 1.54) is 36.4 Å². The maximum atomic E-state index is 12.2. The van der Waals surface area contributed by atoms with Crippen molar-refractivity contribution < 1.29 is 4.79 Å². The van der Waals surface area contributed by atoms with Gasteiger partial charge in [0, 0.05) is 36.8 Å². The quantitative estimate of drug-likeness (QED) is 0.826. The Bertz CT molecular complexity index is 671. The number of nitrogens with one attached hydrogen (secondary N) is 1. The van der Waals surface area contributed by atoms with Crippen LogP contribution in [0.2, 0.25) is 0 Å². The van der Waals surface area contributed by atoms with Gasteiger partial charge in [0.25, 0.3) is 5.91 Å². The van der Waals surface area contributed by atoms with Crippen molar-refractivity contribution in [3.63, 3.8) is 0 Å². The summed E-state index contributed by atoms with van der Waals surface area (Å²) in [6.07, 6.45) is 2.98. The Morgan fingerprint density at radius 1 is 1.40 bits per heavy atom. The first-order valence-corrected chi connectivity index (χ1v) is 9.72. The van der Waals surface area contributed by atoms with Crippen LogP contribution in [0.15, 0.2) is 35.8 Å². The molecule has 2 aromatic rings. The van der Waals surface area contributed by atoms with Gasteiger partial charge in [0.05, 0.1) is 0 Å². The Morgan fingerprint density at radius 3 is 2.80 bits per heavy atom. The van der Waals surface area contributed by atoms with Crippen LogP contribution < -0.4 is 5.32 Å². The molecule has 1 N–H and O–H groups in total. The molecule has 1 aliphatic rings. The average molecular weight is 359 g/mol. The largest absolute Gasteiger partial charge is 0.306 e. The fraction of sp³-hybridized carbons (Fsp3) is 0.474. The van der Waals surface area contributed by atoms with Gasteiger partial charge in [-0.3, -0.25) is 15.0 Å². The van der Waals surface area contributed by atoms with Crippen molar-refractivity contribution in [1.82, 2.24) is 14.8 Å². The lowest BCUT2D eigenvalue weighted by molar-refractivity contribution is 0.102. The summed E-state index contributed by atoms with van der Waals surface area (Å²) < 4.78 is 0. The van der Waals surface area contributed by atoms with E-state index in [4.69, 9.17) is 0 Å². The Kier molecular flexibility index (Phi) is 6.18. The number of anilines is 1. The number of thiazole rings is 1. The van der Waals surface area contributed by atoms with Crippen LogP contribution in [0.25, 0.3) is 0 Å². The van der Waals surface area contributed by atoms with E-state index < -0.39 is 0 Å². The first kappa shape index (κ1) is 18.0. The number of hydrogen-bond acceptors (Lipinski definition) is 5. The van der Waals surface area contributed by atoms with Crippen molar-refractivity contribution in [3.05, 3.63) is 47.0 Å². The van der Waals surface area contributed by atoms with E-state index in [1.54, 1.807) is 6.20 Å². The molecule has 1 fully saturated rings. The topological polar surface area (TPSA) is 48.5 Å². The van der Waals surface area contributed by atoms with Crippen LogP contribution >= 0.6 is 11.3 Å². The smallest absolute Gasteiger partial charge is 0.257 e. The van der Waals surface area contributed by atoms with Crippen molar-refractivity contribution in [2.24, 2.45) is 5.92 Å². The van der Waals surface area contributed by atoms with Crippen LogP contribution in [-0.4, -0.2) is 53.9 Å². The third kappa shape index (κ3) is 5.11. The van der Waals surface area contributed by atoms with Gasteiger partial charge in [-0.05, 0) is 50.2 Å². The van der Waals surface area contributed by atoms with E-state index in [0.717, 1.165) is 25.6 Å². The molecule has 134 valence electrons. The predicted molar refractivity (Wildman–Crippen MR) is 103 cm³/mol. The van der Waals surface area contributed by atoms with E-state index in [9.17, 15) is 4.79 Å². The maximum absolute atomic E-state index is 12.2. The van der Waals surface area contributed by atoms with Crippen LogP contribution in [-0.2, 0) is 6.54 Å². The summed E-state index contributed by atoms with van der Waals surface area (Å²) in [4.78, 5) is 21.2. The van der Waals surface area contributed by atoms with Crippen molar-refractivity contribution in [3.8, 4) is 0 Å². The molecule has 6 heteroatoms. The van der Waals surface area contributed by atoms with Gasteiger partial charge in [0.1, 0.15) is 0 Å². The molecule has 0 aliphatic carbocycles. The Hall–Kier alpha value is -1.76. The van der Waals surface area contributed by atoms with Crippen molar-refractivity contribution in [2.45, 2.75) is 19.9 Å². The minimum Gasteiger partial charge on any atom is -0.306 e. The zero-order chi connectivity index (χ0) is 17.6. The second kappa shape index (κ2) is 8.56. The van der Waals surface area contributed by atoms with Crippen molar-refractivity contribution in [1.29, 1.82) is 0 Å². The number of aromatic nitrogens is 1. The fourth-order valence-electron chi connectivity index (χ4n) is 3.32. The lowest BCUT2D eigenvalue weighted by atomic mass is 10.1. The SMILES string of the molecule is CCN(Cc1ccc(C(=O)Nc2nccs2)cc1)CC1CCN(C)C1. The third-order valence-electron chi connectivity index (χ3n) is 4.73. The molecule has 1 amide bonds. The standard InChI is InChI=1S/C19H26N4OS/c1-3-23(14-16-8-10-22(2)12-16)13-15-4-6-17(7-5-15)18(24)21-19-20-9-11-25-19/h4-7,9,11,16H,3,8,10,12-14H2,1-2H3,(H,20,21,24).